The van der Waals surface area contributed by atoms with Gasteiger partial charge in [-0.25, -0.2) is 0 Å². The minimum atomic E-state index is 0.261. The molecule has 0 saturated carbocycles. The van der Waals surface area contributed by atoms with Crippen molar-refractivity contribution in [2.24, 2.45) is 4.99 Å². The smallest absolute Gasteiger partial charge is 0.157 e. The topological polar surface area (TPSA) is 37.3 Å². The number of nitrogens with one attached hydrogen (secondary N) is 1. The van der Waals surface area contributed by atoms with Crippen molar-refractivity contribution >= 4 is 16.9 Å². The molecule has 1 fully saturated rings. The van der Waals surface area contributed by atoms with Crippen molar-refractivity contribution in [3.05, 3.63) is 29.6 Å². The predicted octanol–water partition coefficient (Wildman–Crippen LogP) is 3.14. The zero-order chi connectivity index (χ0) is 13.0. The highest BCUT2D eigenvalue weighted by atomic mass is 32.2. The lowest BCUT2D eigenvalue weighted by atomic mass is 9.96. The van der Waals surface area contributed by atoms with E-state index in [4.69, 9.17) is 0 Å². The van der Waals surface area contributed by atoms with Crippen LogP contribution in [0.1, 0.15) is 37.8 Å². The van der Waals surface area contributed by atoms with Crippen LogP contribution in [0.4, 0.5) is 0 Å². The number of aryl methyl sites for hydroxylation is 1. The van der Waals surface area contributed by atoms with Gasteiger partial charge in [0, 0.05) is 23.7 Å². The molecule has 98 valence electrons. The highest BCUT2D eigenvalue weighted by molar-refractivity contribution is 8.14. The van der Waals surface area contributed by atoms with E-state index in [0.29, 0.717) is 0 Å². The van der Waals surface area contributed by atoms with Gasteiger partial charge in [-0.05, 0) is 37.0 Å². The van der Waals surface area contributed by atoms with E-state index in [0.717, 1.165) is 30.3 Å². The number of rotatable bonds is 4. The third kappa shape index (κ3) is 2.86. The summed E-state index contributed by atoms with van der Waals surface area (Å²) in [5.74, 6) is 1.13. The lowest BCUT2D eigenvalue weighted by Gasteiger charge is -2.25. The molecule has 1 aliphatic heterocycles. The van der Waals surface area contributed by atoms with Crippen LogP contribution in [-0.2, 0) is 6.54 Å². The van der Waals surface area contributed by atoms with Crippen molar-refractivity contribution in [1.82, 2.24) is 10.3 Å². The maximum Gasteiger partial charge on any atom is 0.157 e. The summed E-state index contributed by atoms with van der Waals surface area (Å²) in [7, 11) is 0. The first kappa shape index (κ1) is 13.4. The molecule has 0 atom stereocenters. The SMILES string of the molecule is CCC1(CC)CSC(=NCc2ccncc2C)N1. The molecule has 2 rings (SSSR count). The van der Waals surface area contributed by atoms with Crippen molar-refractivity contribution in [1.29, 1.82) is 0 Å². The van der Waals surface area contributed by atoms with E-state index in [2.05, 4.69) is 36.1 Å². The fourth-order valence-corrected chi connectivity index (χ4v) is 3.40. The first-order chi connectivity index (χ1) is 8.69. The molecule has 0 aliphatic carbocycles. The highest BCUT2D eigenvalue weighted by Crippen LogP contribution is 2.29. The van der Waals surface area contributed by atoms with Gasteiger partial charge >= 0.3 is 0 Å². The molecule has 0 radical (unpaired) electrons. The second kappa shape index (κ2) is 5.74. The molecule has 3 nitrogen and oxygen atoms in total. The van der Waals surface area contributed by atoms with Crippen LogP contribution < -0.4 is 5.32 Å². The summed E-state index contributed by atoms with van der Waals surface area (Å²) in [5.41, 5.74) is 2.73. The van der Waals surface area contributed by atoms with Crippen LogP contribution in [0.3, 0.4) is 0 Å². The van der Waals surface area contributed by atoms with Gasteiger partial charge in [0.15, 0.2) is 5.17 Å². The Morgan fingerprint density at radius 2 is 2.22 bits per heavy atom. The number of hydrogen-bond donors (Lipinski definition) is 1. The highest BCUT2D eigenvalue weighted by Gasteiger charge is 2.33. The van der Waals surface area contributed by atoms with Gasteiger partial charge in [0.25, 0.3) is 0 Å². The van der Waals surface area contributed by atoms with E-state index in [-0.39, 0.29) is 5.54 Å². The van der Waals surface area contributed by atoms with E-state index in [9.17, 15) is 0 Å². The van der Waals surface area contributed by atoms with Crippen molar-refractivity contribution in [2.75, 3.05) is 5.75 Å². The van der Waals surface area contributed by atoms with E-state index in [1.165, 1.54) is 11.1 Å². The molecule has 1 saturated heterocycles. The Balaban J connectivity index is 2.02. The first-order valence-corrected chi connectivity index (χ1v) is 7.52. The molecule has 1 aromatic heterocycles. The van der Waals surface area contributed by atoms with E-state index in [1.54, 1.807) is 0 Å². The Labute approximate surface area is 113 Å². The number of thioether (sulfide) groups is 1. The summed E-state index contributed by atoms with van der Waals surface area (Å²) < 4.78 is 0. The van der Waals surface area contributed by atoms with Crippen molar-refractivity contribution in [3.63, 3.8) is 0 Å². The van der Waals surface area contributed by atoms with Crippen LogP contribution in [0.15, 0.2) is 23.5 Å². The molecule has 1 N–H and O–H groups in total. The van der Waals surface area contributed by atoms with Crippen LogP contribution in [0.5, 0.6) is 0 Å². The van der Waals surface area contributed by atoms with Crippen LogP contribution in [-0.4, -0.2) is 21.4 Å². The molecule has 1 aliphatic rings. The summed E-state index contributed by atoms with van der Waals surface area (Å²) in [6.45, 7) is 7.31. The number of aromatic nitrogens is 1. The van der Waals surface area contributed by atoms with Gasteiger partial charge in [-0.15, -0.1) is 0 Å². The third-order valence-corrected chi connectivity index (χ3v) is 4.94. The van der Waals surface area contributed by atoms with Crippen LogP contribution in [0.25, 0.3) is 0 Å². The number of hydrogen-bond acceptors (Lipinski definition) is 3. The van der Waals surface area contributed by atoms with Crippen molar-refractivity contribution in [3.8, 4) is 0 Å². The number of aliphatic imine (C=N–C) groups is 1. The normalized spacial score (nSPS) is 20.1. The van der Waals surface area contributed by atoms with Gasteiger partial charge in [-0.3, -0.25) is 9.98 Å². The third-order valence-electron chi connectivity index (χ3n) is 3.74. The average molecular weight is 263 g/mol. The molecule has 0 amide bonds. The number of amidine groups is 1. The van der Waals surface area contributed by atoms with Gasteiger partial charge in [0.05, 0.1) is 6.54 Å². The second-order valence-corrected chi connectivity index (χ2v) is 5.79. The van der Waals surface area contributed by atoms with Gasteiger partial charge in [-0.1, -0.05) is 25.6 Å². The maximum absolute atomic E-state index is 4.69. The quantitative estimate of drug-likeness (QED) is 0.906. The summed E-state index contributed by atoms with van der Waals surface area (Å²) in [5, 5.41) is 4.68. The molecule has 0 bridgehead atoms. The van der Waals surface area contributed by atoms with E-state index < -0.39 is 0 Å². The van der Waals surface area contributed by atoms with Crippen molar-refractivity contribution < 1.29 is 0 Å². The van der Waals surface area contributed by atoms with Crippen molar-refractivity contribution in [2.45, 2.75) is 45.7 Å². The molecule has 1 aromatic rings. The zero-order valence-electron chi connectivity index (χ0n) is 11.4. The predicted molar refractivity (Wildman–Crippen MR) is 79.0 cm³/mol. The summed E-state index contributed by atoms with van der Waals surface area (Å²) in [6.07, 6.45) is 6.04. The lowest BCUT2D eigenvalue weighted by Crippen LogP contribution is -2.42. The van der Waals surface area contributed by atoms with Crippen LogP contribution in [0.2, 0.25) is 0 Å². The summed E-state index contributed by atoms with van der Waals surface area (Å²) in [4.78, 5) is 8.79. The van der Waals surface area contributed by atoms with Crippen LogP contribution in [0, 0.1) is 6.92 Å². The largest absolute Gasteiger partial charge is 0.359 e. The minimum absolute atomic E-state index is 0.261. The maximum atomic E-state index is 4.69. The standard InChI is InChI=1S/C14H21N3S/c1-4-14(5-2)10-18-13(17-14)16-9-12-6-7-15-8-11(12)3/h6-8H,4-5,9-10H2,1-3H3,(H,16,17). The van der Waals surface area contributed by atoms with E-state index in [1.807, 2.05) is 30.2 Å². The molecule has 0 spiro atoms. The first-order valence-electron chi connectivity index (χ1n) is 6.54. The number of nitrogens with zero attached hydrogens (tertiary/aromatic N) is 2. The fraction of sp³-hybridized carbons (Fsp3) is 0.571. The second-order valence-electron chi connectivity index (χ2n) is 4.82. The fourth-order valence-electron chi connectivity index (χ4n) is 2.06. The summed E-state index contributed by atoms with van der Waals surface area (Å²) in [6, 6.07) is 2.05. The van der Waals surface area contributed by atoms with Gasteiger partial charge < -0.3 is 5.32 Å². The molecule has 4 heteroatoms. The molecular formula is C14H21N3S. The Morgan fingerprint density at radius 1 is 1.44 bits per heavy atom. The number of pyridine rings is 1. The molecule has 0 unspecified atom stereocenters. The Hall–Kier alpha value is -1.03. The Bertz CT molecular complexity index is 438. The average Bonchev–Trinajstić information content (AvgIpc) is 2.82. The van der Waals surface area contributed by atoms with Gasteiger partial charge in [0.1, 0.15) is 0 Å². The van der Waals surface area contributed by atoms with Gasteiger partial charge in [-0.2, -0.15) is 0 Å². The Morgan fingerprint density at radius 3 is 2.83 bits per heavy atom. The molecule has 0 aromatic carbocycles. The van der Waals surface area contributed by atoms with Crippen LogP contribution >= 0.6 is 11.8 Å². The minimum Gasteiger partial charge on any atom is -0.359 e. The molecule has 2 heterocycles. The monoisotopic (exact) mass is 263 g/mol. The summed E-state index contributed by atoms with van der Waals surface area (Å²) >= 11 is 1.85. The zero-order valence-corrected chi connectivity index (χ0v) is 12.2. The van der Waals surface area contributed by atoms with Gasteiger partial charge in [0.2, 0.25) is 0 Å². The Kier molecular flexibility index (Phi) is 4.27. The molecular weight excluding hydrogens is 242 g/mol. The lowest BCUT2D eigenvalue weighted by molar-refractivity contribution is 0.407. The molecule has 18 heavy (non-hydrogen) atoms. The van der Waals surface area contributed by atoms with E-state index >= 15 is 0 Å².